The van der Waals surface area contributed by atoms with E-state index in [1.807, 2.05) is 30.3 Å². The van der Waals surface area contributed by atoms with Crippen LogP contribution in [0.25, 0.3) is 10.8 Å². The molecule has 1 unspecified atom stereocenters. The molecule has 17 heavy (non-hydrogen) atoms. The lowest BCUT2D eigenvalue weighted by molar-refractivity contribution is 0.0965. The third-order valence-corrected chi connectivity index (χ3v) is 3.32. The number of benzene rings is 2. The normalized spacial score (nSPS) is 12.6. The Labute approximate surface area is 102 Å². The Morgan fingerprint density at radius 3 is 2.59 bits per heavy atom. The smallest absolute Gasteiger partial charge is 0.163 e. The molecule has 1 heteroatoms. The monoisotopic (exact) mass is 226 g/mol. The lowest BCUT2D eigenvalue weighted by atomic mass is 9.94. The van der Waals surface area contributed by atoms with Gasteiger partial charge in [-0.25, -0.2) is 0 Å². The van der Waals surface area contributed by atoms with E-state index in [1.165, 1.54) is 0 Å². The van der Waals surface area contributed by atoms with Crippen molar-refractivity contribution in [3.05, 3.63) is 48.0 Å². The summed E-state index contributed by atoms with van der Waals surface area (Å²) in [5, 5.41) is 2.21. The molecule has 0 radical (unpaired) electrons. The summed E-state index contributed by atoms with van der Waals surface area (Å²) in [4.78, 5) is 12.2. The van der Waals surface area contributed by atoms with Crippen molar-refractivity contribution < 1.29 is 4.79 Å². The summed E-state index contributed by atoms with van der Waals surface area (Å²) < 4.78 is 0. The van der Waals surface area contributed by atoms with Gasteiger partial charge in [0.1, 0.15) is 0 Å². The number of ketones is 1. The molecule has 2 aromatic rings. The molecule has 0 aliphatic rings. The maximum Gasteiger partial charge on any atom is 0.163 e. The molecule has 0 amide bonds. The molecular formula is C16H18O. The number of hydrogen-bond donors (Lipinski definition) is 0. The molecule has 2 aromatic carbocycles. The zero-order chi connectivity index (χ0) is 12.3. The topological polar surface area (TPSA) is 17.1 Å². The van der Waals surface area contributed by atoms with Crippen molar-refractivity contribution in [2.24, 2.45) is 5.92 Å². The molecular weight excluding hydrogens is 208 g/mol. The van der Waals surface area contributed by atoms with Gasteiger partial charge in [-0.15, -0.1) is 0 Å². The maximum absolute atomic E-state index is 12.2. The second kappa shape index (κ2) is 5.13. The van der Waals surface area contributed by atoms with Gasteiger partial charge in [-0.1, -0.05) is 62.7 Å². The van der Waals surface area contributed by atoms with E-state index in [-0.39, 0.29) is 5.78 Å². The zero-order valence-corrected chi connectivity index (χ0v) is 10.4. The van der Waals surface area contributed by atoms with Gasteiger partial charge in [0, 0.05) is 12.0 Å². The summed E-state index contributed by atoms with van der Waals surface area (Å²) in [5.74, 6) is 0.720. The maximum atomic E-state index is 12.2. The van der Waals surface area contributed by atoms with Crippen LogP contribution in [0.1, 0.15) is 37.0 Å². The van der Waals surface area contributed by atoms with Gasteiger partial charge < -0.3 is 0 Å². The fourth-order valence-electron chi connectivity index (χ4n) is 2.04. The summed E-state index contributed by atoms with van der Waals surface area (Å²) >= 11 is 0. The predicted octanol–water partition coefficient (Wildman–Crippen LogP) is 4.46. The first-order valence-corrected chi connectivity index (χ1v) is 6.23. The number of Topliss-reactive ketones (excluding diaryl/α,β-unsaturated/α-hetero) is 1. The molecule has 0 heterocycles. The third-order valence-electron chi connectivity index (χ3n) is 3.32. The summed E-state index contributed by atoms with van der Waals surface area (Å²) in [6, 6.07) is 14.0. The standard InChI is InChI=1S/C16H18O/c1-3-12(2)11-16(17)15-10-6-8-13-7-4-5-9-14(13)15/h4-10,12H,3,11H2,1-2H3. The van der Waals surface area contributed by atoms with Crippen molar-refractivity contribution in [1.82, 2.24) is 0 Å². The number of carbonyl (C=O) groups excluding carboxylic acids is 1. The van der Waals surface area contributed by atoms with Crippen LogP contribution in [0.15, 0.2) is 42.5 Å². The van der Waals surface area contributed by atoms with Gasteiger partial charge >= 0.3 is 0 Å². The zero-order valence-electron chi connectivity index (χ0n) is 10.4. The van der Waals surface area contributed by atoms with E-state index in [9.17, 15) is 4.79 Å². The highest BCUT2D eigenvalue weighted by Crippen LogP contribution is 2.21. The molecule has 1 atom stereocenters. The molecule has 2 rings (SSSR count). The number of rotatable bonds is 4. The van der Waals surface area contributed by atoms with Crippen molar-refractivity contribution in [1.29, 1.82) is 0 Å². The van der Waals surface area contributed by atoms with Crippen molar-refractivity contribution >= 4 is 16.6 Å². The minimum absolute atomic E-state index is 0.260. The highest BCUT2D eigenvalue weighted by molar-refractivity contribution is 6.08. The van der Waals surface area contributed by atoms with Gasteiger partial charge in [0.15, 0.2) is 5.78 Å². The van der Waals surface area contributed by atoms with Crippen molar-refractivity contribution in [3.8, 4) is 0 Å². The quantitative estimate of drug-likeness (QED) is 0.703. The summed E-state index contributed by atoms with van der Waals surface area (Å²) in [5.41, 5.74) is 0.864. The average molecular weight is 226 g/mol. The first-order valence-electron chi connectivity index (χ1n) is 6.23. The van der Waals surface area contributed by atoms with E-state index in [4.69, 9.17) is 0 Å². The van der Waals surface area contributed by atoms with Gasteiger partial charge in [0.2, 0.25) is 0 Å². The molecule has 0 spiro atoms. The Morgan fingerprint density at radius 2 is 1.82 bits per heavy atom. The number of carbonyl (C=O) groups is 1. The van der Waals surface area contributed by atoms with Crippen LogP contribution in [0.2, 0.25) is 0 Å². The average Bonchev–Trinajstić information content (AvgIpc) is 2.37. The fourth-order valence-corrected chi connectivity index (χ4v) is 2.04. The molecule has 0 bridgehead atoms. The molecule has 1 nitrogen and oxygen atoms in total. The second-order valence-electron chi connectivity index (χ2n) is 4.67. The van der Waals surface area contributed by atoms with E-state index in [0.29, 0.717) is 12.3 Å². The van der Waals surface area contributed by atoms with Crippen LogP contribution in [0.3, 0.4) is 0 Å². The van der Waals surface area contributed by atoms with Crippen LogP contribution in [0.4, 0.5) is 0 Å². The Balaban J connectivity index is 2.38. The molecule has 0 N–H and O–H groups in total. The minimum atomic E-state index is 0.260. The van der Waals surface area contributed by atoms with Gasteiger partial charge in [-0.2, -0.15) is 0 Å². The van der Waals surface area contributed by atoms with Crippen LogP contribution < -0.4 is 0 Å². The summed E-state index contributed by atoms with van der Waals surface area (Å²) in [6.07, 6.45) is 1.70. The van der Waals surface area contributed by atoms with E-state index >= 15 is 0 Å². The van der Waals surface area contributed by atoms with Crippen LogP contribution >= 0.6 is 0 Å². The molecule has 0 aliphatic heterocycles. The van der Waals surface area contributed by atoms with Crippen LogP contribution in [-0.2, 0) is 0 Å². The Kier molecular flexibility index (Phi) is 3.58. The van der Waals surface area contributed by atoms with Gasteiger partial charge in [-0.3, -0.25) is 4.79 Å². The number of fused-ring (bicyclic) bond motifs is 1. The highest BCUT2D eigenvalue weighted by atomic mass is 16.1. The predicted molar refractivity (Wildman–Crippen MR) is 72.4 cm³/mol. The summed E-state index contributed by atoms with van der Waals surface area (Å²) in [7, 11) is 0. The van der Waals surface area contributed by atoms with Gasteiger partial charge in [-0.05, 0) is 16.7 Å². The van der Waals surface area contributed by atoms with Crippen molar-refractivity contribution in [2.45, 2.75) is 26.7 Å². The van der Waals surface area contributed by atoms with E-state index in [1.54, 1.807) is 0 Å². The lowest BCUT2D eigenvalue weighted by Gasteiger charge is -2.09. The van der Waals surface area contributed by atoms with Crippen LogP contribution in [0.5, 0.6) is 0 Å². The molecule has 88 valence electrons. The lowest BCUT2D eigenvalue weighted by Crippen LogP contribution is -2.05. The molecule has 0 saturated heterocycles. The number of hydrogen-bond acceptors (Lipinski definition) is 1. The molecule has 0 saturated carbocycles. The van der Waals surface area contributed by atoms with Crippen molar-refractivity contribution in [3.63, 3.8) is 0 Å². The van der Waals surface area contributed by atoms with Crippen LogP contribution in [0, 0.1) is 5.92 Å². The Morgan fingerprint density at radius 1 is 1.12 bits per heavy atom. The minimum Gasteiger partial charge on any atom is -0.294 e. The fraction of sp³-hybridized carbons (Fsp3) is 0.312. The Bertz CT molecular complexity index is 523. The summed E-state index contributed by atoms with van der Waals surface area (Å²) in [6.45, 7) is 4.25. The molecule has 0 aromatic heterocycles. The Hall–Kier alpha value is -1.63. The first-order chi connectivity index (χ1) is 8.22. The van der Waals surface area contributed by atoms with Gasteiger partial charge in [0.25, 0.3) is 0 Å². The first kappa shape index (κ1) is 11.8. The van der Waals surface area contributed by atoms with E-state index in [2.05, 4.69) is 26.0 Å². The highest BCUT2D eigenvalue weighted by Gasteiger charge is 2.12. The van der Waals surface area contributed by atoms with Gasteiger partial charge in [0.05, 0.1) is 0 Å². The van der Waals surface area contributed by atoms with Crippen molar-refractivity contribution in [2.75, 3.05) is 0 Å². The SMILES string of the molecule is CCC(C)CC(=O)c1cccc2ccccc12. The second-order valence-corrected chi connectivity index (χ2v) is 4.67. The van der Waals surface area contributed by atoms with Crippen LogP contribution in [-0.4, -0.2) is 5.78 Å². The molecule has 0 aliphatic carbocycles. The van der Waals surface area contributed by atoms with E-state index < -0.39 is 0 Å². The largest absolute Gasteiger partial charge is 0.294 e. The third kappa shape index (κ3) is 2.55. The van der Waals surface area contributed by atoms with E-state index in [0.717, 1.165) is 22.8 Å². The molecule has 0 fully saturated rings.